The van der Waals surface area contributed by atoms with E-state index in [4.69, 9.17) is 9.47 Å². The number of para-hydroxylation sites is 2. The zero-order valence-corrected chi connectivity index (χ0v) is 17.0. The molecule has 1 aliphatic heterocycles. The predicted octanol–water partition coefficient (Wildman–Crippen LogP) is 3.30. The number of fused-ring (bicyclic) bond motifs is 1. The molecule has 0 bridgehead atoms. The van der Waals surface area contributed by atoms with Crippen molar-refractivity contribution in [3.63, 3.8) is 0 Å². The fourth-order valence-corrected chi connectivity index (χ4v) is 3.78. The zero-order valence-electron chi connectivity index (χ0n) is 17.0. The Morgan fingerprint density at radius 1 is 0.967 bits per heavy atom. The highest BCUT2D eigenvalue weighted by Crippen LogP contribution is 2.36. The Bertz CT molecular complexity index is 950. The molecule has 156 valence electrons. The normalized spacial score (nSPS) is 22.3. The van der Waals surface area contributed by atoms with Crippen LogP contribution in [0.4, 0.5) is 0 Å². The highest BCUT2D eigenvalue weighted by molar-refractivity contribution is 5.94. The van der Waals surface area contributed by atoms with Gasteiger partial charge in [-0.3, -0.25) is 9.59 Å². The molecule has 2 aliphatic carbocycles. The van der Waals surface area contributed by atoms with Gasteiger partial charge in [0.2, 0.25) is 6.10 Å². The number of rotatable bonds is 6. The maximum atomic E-state index is 13.4. The second-order valence-electron chi connectivity index (χ2n) is 8.45. The van der Waals surface area contributed by atoms with Gasteiger partial charge >= 0.3 is 0 Å². The van der Waals surface area contributed by atoms with Crippen molar-refractivity contribution < 1.29 is 19.1 Å². The summed E-state index contributed by atoms with van der Waals surface area (Å²) in [7, 11) is 0. The molecule has 1 N–H and O–H groups in total. The van der Waals surface area contributed by atoms with E-state index < -0.39 is 6.10 Å². The lowest BCUT2D eigenvalue weighted by molar-refractivity contribution is -0.145. The maximum Gasteiger partial charge on any atom is 0.268 e. The molecule has 6 nitrogen and oxygen atoms in total. The van der Waals surface area contributed by atoms with E-state index in [0.29, 0.717) is 29.6 Å². The first-order valence-electron chi connectivity index (χ1n) is 10.7. The van der Waals surface area contributed by atoms with E-state index >= 15 is 0 Å². The van der Waals surface area contributed by atoms with Crippen molar-refractivity contribution in [1.29, 1.82) is 0 Å². The third-order valence-electron chi connectivity index (χ3n) is 5.84. The molecule has 2 saturated carbocycles. The standard InChI is InChI=1S/C24H26N2O4/c1-15-22(30-21-5-3-2-4-20(21)29-15)24(28)26(19-12-13-19)14-16-6-8-17(9-7-16)23(27)25-18-10-11-18/h2-9,15,18-19,22H,10-14H2,1H3,(H,25,27). The number of ether oxygens (including phenoxy) is 2. The van der Waals surface area contributed by atoms with Crippen molar-refractivity contribution in [2.24, 2.45) is 0 Å². The van der Waals surface area contributed by atoms with E-state index in [-0.39, 0.29) is 24.0 Å². The van der Waals surface area contributed by atoms with Gasteiger partial charge in [-0.25, -0.2) is 0 Å². The molecule has 2 atom stereocenters. The van der Waals surface area contributed by atoms with E-state index in [1.165, 1.54) is 0 Å². The predicted molar refractivity (Wildman–Crippen MR) is 111 cm³/mol. The molecular formula is C24H26N2O4. The topological polar surface area (TPSA) is 67.9 Å². The molecule has 1 heterocycles. The number of carbonyl (C=O) groups excluding carboxylic acids is 2. The highest BCUT2D eigenvalue weighted by Gasteiger charge is 2.41. The summed E-state index contributed by atoms with van der Waals surface area (Å²) in [5.74, 6) is 1.21. The van der Waals surface area contributed by atoms with E-state index in [1.54, 1.807) is 0 Å². The SMILES string of the molecule is CC1Oc2ccccc2OC1C(=O)N(Cc1ccc(C(=O)NC2CC2)cc1)C1CC1. The second kappa shape index (κ2) is 7.67. The molecular weight excluding hydrogens is 380 g/mol. The Balaban J connectivity index is 1.28. The zero-order chi connectivity index (χ0) is 20.7. The van der Waals surface area contributed by atoms with E-state index in [1.807, 2.05) is 60.4 Å². The van der Waals surface area contributed by atoms with Crippen LogP contribution >= 0.6 is 0 Å². The fraction of sp³-hybridized carbons (Fsp3) is 0.417. The van der Waals surface area contributed by atoms with Crippen LogP contribution in [-0.4, -0.2) is 41.0 Å². The summed E-state index contributed by atoms with van der Waals surface area (Å²) in [5.41, 5.74) is 1.66. The van der Waals surface area contributed by atoms with Crippen molar-refractivity contribution in [3.8, 4) is 11.5 Å². The summed E-state index contributed by atoms with van der Waals surface area (Å²) in [6, 6.07) is 15.6. The Hall–Kier alpha value is -3.02. The number of hydrogen-bond acceptors (Lipinski definition) is 4. The smallest absolute Gasteiger partial charge is 0.268 e. The van der Waals surface area contributed by atoms with Crippen LogP contribution in [0.15, 0.2) is 48.5 Å². The molecule has 2 unspecified atom stereocenters. The molecule has 3 aliphatic rings. The molecule has 2 aromatic carbocycles. The summed E-state index contributed by atoms with van der Waals surface area (Å²) in [6.07, 6.45) is 3.13. The van der Waals surface area contributed by atoms with Gasteiger partial charge in [0.15, 0.2) is 11.5 Å². The van der Waals surface area contributed by atoms with E-state index in [9.17, 15) is 9.59 Å². The van der Waals surface area contributed by atoms with E-state index in [2.05, 4.69) is 5.32 Å². The summed E-state index contributed by atoms with van der Waals surface area (Å²) < 4.78 is 12.0. The lowest BCUT2D eigenvalue weighted by Crippen LogP contribution is -2.51. The average molecular weight is 406 g/mol. The minimum atomic E-state index is -0.663. The first kappa shape index (κ1) is 19.0. The van der Waals surface area contributed by atoms with Gasteiger partial charge in [-0.1, -0.05) is 24.3 Å². The third-order valence-corrected chi connectivity index (χ3v) is 5.84. The van der Waals surface area contributed by atoms with Crippen molar-refractivity contribution >= 4 is 11.8 Å². The highest BCUT2D eigenvalue weighted by atomic mass is 16.6. The van der Waals surface area contributed by atoms with Gasteiger partial charge in [-0.2, -0.15) is 0 Å². The van der Waals surface area contributed by atoms with Crippen LogP contribution in [0.5, 0.6) is 11.5 Å². The molecule has 0 spiro atoms. The van der Waals surface area contributed by atoms with Crippen LogP contribution in [0.2, 0.25) is 0 Å². The largest absolute Gasteiger partial charge is 0.482 e. The van der Waals surface area contributed by atoms with Crippen LogP contribution in [0.25, 0.3) is 0 Å². The fourth-order valence-electron chi connectivity index (χ4n) is 3.78. The quantitative estimate of drug-likeness (QED) is 0.799. The van der Waals surface area contributed by atoms with Crippen LogP contribution in [0, 0.1) is 0 Å². The first-order valence-corrected chi connectivity index (χ1v) is 10.7. The summed E-state index contributed by atoms with van der Waals surface area (Å²) in [4.78, 5) is 27.5. The number of hydrogen-bond donors (Lipinski definition) is 1. The van der Waals surface area contributed by atoms with Crippen LogP contribution in [0.3, 0.4) is 0 Å². The van der Waals surface area contributed by atoms with Crippen molar-refractivity contribution in [2.45, 2.75) is 63.4 Å². The lowest BCUT2D eigenvalue weighted by Gasteiger charge is -2.34. The minimum absolute atomic E-state index is 0.0283. The van der Waals surface area contributed by atoms with Crippen molar-refractivity contribution in [1.82, 2.24) is 10.2 Å². The monoisotopic (exact) mass is 406 g/mol. The Labute approximate surface area is 176 Å². The lowest BCUT2D eigenvalue weighted by atomic mass is 10.1. The Kier molecular flexibility index (Phi) is 4.85. The number of amides is 2. The molecule has 0 aromatic heterocycles. The minimum Gasteiger partial charge on any atom is -0.482 e. The van der Waals surface area contributed by atoms with Gasteiger partial charge in [-0.15, -0.1) is 0 Å². The van der Waals surface area contributed by atoms with Crippen LogP contribution in [0.1, 0.15) is 48.5 Å². The summed E-state index contributed by atoms with van der Waals surface area (Å²) in [5, 5.41) is 3.00. The number of nitrogens with one attached hydrogen (secondary N) is 1. The number of carbonyl (C=O) groups is 2. The average Bonchev–Trinajstić information content (AvgIpc) is 3.66. The van der Waals surface area contributed by atoms with Crippen molar-refractivity contribution in [3.05, 3.63) is 59.7 Å². The maximum absolute atomic E-state index is 13.4. The van der Waals surface area contributed by atoms with Crippen LogP contribution < -0.4 is 14.8 Å². The Morgan fingerprint density at radius 2 is 1.63 bits per heavy atom. The van der Waals surface area contributed by atoms with Gasteiger partial charge in [0.1, 0.15) is 6.10 Å². The number of benzene rings is 2. The summed E-state index contributed by atoms with van der Waals surface area (Å²) >= 11 is 0. The molecule has 2 aromatic rings. The number of nitrogens with zero attached hydrogens (tertiary/aromatic N) is 1. The first-order chi connectivity index (χ1) is 14.6. The molecule has 0 radical (unpaired) electrons. The third kappa shape index (κ3) is 3.99. The molecule has 5 rings (SSSR count). The van der Waals surface area contributed by atoms with Gasteiger partial charge in [0.05, 0.1) is 0 Å². The molecule has 2 amide bonds. The molecule has 30 heavy (non-hydrogen) atoms. The van der Waals surface area contributed by atoms with Gasteiger partial charge in [0, 0.05) is 24.2 Å². The van der Waals surface area contributed by atoms with Gasteiger partial charge in [-0.05, 0) is 62.4 Å². The summed E-state index contributed by atoms with van der Waals surface area (Å²) in [6.45, 7) is 2.37. The molecule has 2 fully saturated rings. The van der Waals surface area contributed by atoms with Crippen molar-refractivity contribution in [2.75, 3.05) is 0 Å². The Morgan fingerprint density at radius 3 is 2.27 bits per heavy atom. The molecule has 0 saturated heterocycles. The molecule has 6 heteroatoms. The van der Waals surface area contributed by atoms with Gasteiger partial charge < -0.3 is 19.7 Å². The van der Waals surface area contributed by atoms with Gasteiger partial charge in [0.25, 0.3) is 11.8 Å². The van der Waals surface area contributed by atoms with Crippen LogP contribution in [-0.2, 0) is 11.3 Å². The van der Waals surface area contributed by atoms with E-state index in [0.717, 1.165) is 31.2 Å². The second-order valence-corrected chi connectivity index (χ2v) is 8.45.